The van der Waals surface area contributed by atoms with E-state index in [1.165, 1.54) is 5.56 Å². The van der Waals surface area contributed by atoms with Crippen LogP contribution in [0.5, 0.6) is 5.75 Å². The van der Waals surface area contributed by atoms with E-state index in [1.54, 1.807) is 0 Å². The zero-order valence-corrected chi connectivity index (χ0v) is 17.6. The highest BCUT2D eigenvalue weighted by molar-refractivity contribution is 6.05. The molecule has 0 amide bonds. The van der Waals surface area contributed by atoms with Crippen molar-refractivity contribution in [1.82, 2.24) is 9.80 Å². The van der Waals surface area contributed by atoms with E-state index in [2.05, 4.69) is 46.2 Å². The summed E-state index contributed by atoms with van der Waals surface area (Å²) in [5, 5.41) is 12.6. The fourth-order valence-electron chi connectivity index (χ4n) is 4.31. The van der Waals surface area contributed by atoms with Crippen LogP contribution in [0.3, 0.4) is 0 Å². The van der Waals surface area contributed by atoms with E-state index in [4.69, 9.17) is 9.15 Å². The van der Waals surface area contributed by atoms with Crippen LogP contribution in [0.2, 0.25) is 0 Å². The number of β-amino-alcohol motifs (C(OH)–C–C–N with tert-alkyl or cyclic N) is 1. The van der Waals surface area contributed by atoms with Gasteiger partial charge in [-0.05, 0) is 29.8 Å². The Morgan fingerprint density at radius 2 is 1.52 bits per heavy atom. The minimum Gasteiger partial charge on any atom is -0.491 e. The van der Waals surface area contributed by atoms with Crippen LogP contribution < -0.4 is 4.74 Å². The zero-order valence-electron chi connectivity index (χ0n) is 17.6. The van der Waals surface area contributed by atoms with Gasteiger partial charge in [-0.2, -0.15) is 0 Å². The Kier molecular flexibility index (Phi) is 5.89. The molecule has 5 nitrogen and oxygen atoms in total. The average Bonchev–Trinajstić information content (AvgIpc) is 3.18. The molecule has 1 N–H and O–H groups in total. The smallest absolute Gasteiger partial charge is 0.135 e. The third-order valence-corrected chi connectivity index (χ3v) is 5.97. The number of nitrogens with zero attached hydrogens (tertiary/aromatic N) is 2. The number of para-hydroxylation sites is 1. The molecule has 0 radical (unpaired) electrons. The molecule has 3 aromatic carbocycles. The van der Waals surface area contributed by atoms with Crippen LogP contribution in [0.15, 0.2) is 77.2 Å². The number of ether oxygens (including phenoxy) is 1. The van der Waals surface area contributed by atoms with Crippen LogP contribution in [0.25, 0.3) is 21.9 Å². The number of rotatable bonds is 7. The van der Waals surface area contributed by atoms with Crippen molar-refractivity contribution in [3.05, 3.63) is 78.4 Å². The molecule has 1 aliphatic heterocycles. The second-order valence-corrected chi connectivity index (χ2v) is 8.28. The summed E-state index contributed by atoms with van der Waals surface area (Å²) in [6.07, 6.45) is -0.516. The first-order valence-corrected chi connectivity index (χ1v) is 11.0. The Labute approximate surface area is 182 Å². The Morgan fingerprint density at radius 3 is 2.35 bits per heavy atom. The number of piperazine rings is 1. The van der Waals surface area contributed by atoms with Crippen LogP contribution in [0.4, 0.5) is 0 Å². The van der Waals surface area contributed by atoms with Crippen molar-refractivity contribution in [2.75, 3.05) is 39.3 Å². The molecule has 160 valence electrons. The van der Waals surface area contributed by atoms with Gasteiger partial charge in [0.05, 0.1) is 0 Å². The van der Waals surface area contributed by atoms with Crippen molar-refractivity contribution in [1.29, 1.82) is 0 Å². The number of hydrogen-bond donors (Lipinski definition) is 1. The molecule has 1 fully saturated rings. The molecule has 5 heteroatoms. The third-order valence-electron chi connectivity index (χ3n) is 5.97. The summed E-state index contributed by atoms with van der Waals surface area (Å²) in [7, 11) is 0. The fourth-order valence-corrected chi connectivity index (χ4v) is 4.31. The van der Waals surface area contributed by atoms with Gasteiger partial charge in [-0.3, -0.25) is 9.80 Å². The van der Waals surface area contributed by atoms with Crippen molar-refractivity contribution in [2.45, 2.75) is 12.6 Å². The number of aliphatic hydroxyl groups excluding tert-OH is 1. The number of benzene rings is 3. The molecule has 0 aliphatic carbocycles. The number of hydrogen-bond acceptors (Lipinski definition) is 5. The minimum atomic E-state index is -0.516. The average molecular weight is 417 g/mol. The van der Waals surface area contributed by atoms with Gasteiger partial charge in [-0.1, -0.05) is 48.5 Å². The standard InChI is InChI=1S/C26H28N2O3/c29-21(18-28-14-12-27(13-15-28)17-20-6-2-1-3-7-20)19-30-22-10-11-26-24(16-22)23-8-4-5-9-25(23)31-26/h1-11,16,21,29H,12-15,17-19H2/t21-/m1/s1. The van der Waals surface area contributed by atoms with E-state index in [0.717, 1.165) is 60.4 Å². The topological polar surface area (TPSA) is 49.1 Å². The normalized spacial score (nSPS) is 16.7. The van der Waals surface area contributed by atoms with Gasteiger partial charge in [0, 0.05) is 50.0 Å². The molecule has 1 atom stereocenters. The van der Waals surface area contributed by atoms with Crippen molar-refractivity contribution < 1.29 is 14.3 Å². The van der Waals surface area contributed by atoms with Gasteiger partial charge in [-0.25, -0.2) is 0 Å². The van der Waals surface area contributed by atoms with Crippen LogP contribution in [-0.2, 0) is 6.54 Å². The highest BCUT2D eigenvalue weighted by Crippen LogP contribution is 2.31. The molecule has 5 rings (SSSR count). The van der Waals surface area contributed by atoms with Crippen LogP contribution in [-0.4, -0.2) is 60.3 Å². The number of aliphatic hydroxyl groups is 1. The van der Waals surface area contributed by atoms with Crippen molar-refractivity contribution >= 4 is 21.9 Å². The Morgan fingerprint density at radius 1 is 0.806 bits per heavy atom. The molecule has 1 saturated heterocycles. The number of furan rings is 1. The second-order valence-electron chi connectivity index (χ2n) is 8.28. The molecule has 0 spiro atoms. The molecule has 1 aliphatic rings. The van der Waals surface area contributed by atoms with Gasteiger partial charge in [0.2, 0.25) is 0 Å². The maximum atomic E-state index is 10.5. The fraction of sp³-hybridized carbons (Fsp3) is 0.308. The molecule has 31 heavy (non-hydrogen) atoms. The summed E-state index contributed by atoms with van der Waals surface area (Å²) < 4.78 is 11.8. The Bertz CT molecular complexity index is 1130. The molecule has 1 aromatic heterocycles. The molecule has 0 unspecified atom stereocenters. The van der Waals surface area contributed by atoms with E-state index in [1.807, 2.05) is 36.4 Å². The lowest BCUT2D eigenvalue weighted by Gasteiger charge is -2.35. The first kappa shape index (κ1) is 20.1. The summed E-state index contributed by atoms with van der Waals surface area (Å²) in [4.78, 5) is 4.79. The summed E-state index contributed by atoms with van der Waals surface area (Å²) in [6, 6.07) is 24.4. The first-order chi connectivity index (χ1) is 15.2. The van der Waals surface area contributed by atoms with Gasteiger partial charge in [0.15, 0.2) is 0 Å². The largest absolute Gasteiger partial charge is 0.491 e. The van der Waals surface area contributed by atoms with Crippen molar-refractivity contribution in [3.8, 4) is 5.75 Å². The lowest BCUT2D eigenvalue weighted by molar-refractivity contribution is 0.0446. The monoisotopic (exact) mass is 416 g/mol. The van der Waals surface area contributed by atoms with Crippen molar-refractivity contribution in [2.24, 2.45) is 0 Å². The van der Waals surface area contributed by atoms with E-state index in [0.29, 0.717) is 6.54 Å². The summed E-state index contributed by atoms with van der Waals surface area (Å²) in [5.74, 6) is 0.755. The van der Waals surface area contributed by atoms with Gasteiger partial charge < -0.3 is 14.3 Å². The first-order valence-electron chi connectivity index (χ1n) is 11.0. The van der Waals surface area contributed by atoms with Gasteiger partial charge in [0.25, 0.3) is 0 Å². The Balaban J connectivity index is 1.11. The molecule has 0 saturated carbocycles. The van der Waals surface area contributed by atoms with Gasteiger partial charge in [-0.15, -0.1) is 0 Å². The second kappa shape index (κ2) is 9.10. The summed E-state index contributed by atoms with van der Waals surface area (Å²) >= 11 is 0. The molecular weight excluding hydrogens is 388 g/mol. The summed E-state index contributed by atoms with van der Waals surface area (Å²) in [5.41, 5.74) is 3.08. The van der Waals surface area contributed by atoms with Crippen molar-refractivity contribution in [3.63, 3.8) is 0 Å². The SMILES string of the molecule is O[C@@H](COc1ccc2oc3ccccc3c2c1)CN1CCN(Cc2ccccc2)CC1. The quantitative estimate of drug-likeness (QED) is 0.491. The number of fused-ring (bicyclic) bond motifs is 3. The lowest BCUT2D eigenvalue weighted by Crippen LogP contribution is -2.48. The molecule has 0 bridgehead atoms. The lowest BCUT2D eigenvalue weighted by atomic mass is 10.1. The van der Waals surface area contributed by atoms with Crippen LogP contribution in [0, 0.1) is 0 Å². The molecular formula is C26H28N2O3. The van der Waals surface area contributed by atoms with E-state index in [9.17, 15) is 5.11 Å². The van der Waals surface area contributed by atoms with Gasteiger partial charge in [0.1, 0.15) is 29.6 Å². The van der Waals surface area contributed by atoms with E-state index >= 15 is 0 Å². The highest BCUT2D eigenvalue weighted by atomic mass is 16.5. The van der Waals surface area contributed by atoms with Crippen LogP contribution >= 0.6 is 0 Å². The maximum Gasteiger partial charge on any atom is 0.135 e. The third kappa shape index (κ3) is 4.74. The molecule has 2 heterocycles. The predicted octanol–water partition coefficient (Wildman–Crippen LogP) is 4.14. The maximum absolute atomic E-state index is 10.5. The minimum absolute atomic E-state index is 0.283. The zero-order chi connectivity index (χ0) is 21.0. The van der Waals surface area contributed by atoms with E-state index in [-0.39, 0.29) is 6.61 Å². The molecule has 4 aromatic rings. The Hall–Kier alpha value is -2.86. The van der Waals surface area contributed by atoms with Gasteiger partial charge >= 0.3 is 0 Å². The summed E-state index contributed by atoms with van der Waals surface area (Å²) in [6.45, 7) is 5.89. The highest BCUT2D eigenvalue weighted by Gasteiger charge is 2.19. The van der Waals surface area contributed by atoms with E-state index < -0.39 is 6.10 Å². The van der Waals surface area contributed by atoms with Crippen LogP contribution in [0.1, 0.15) is 5.56 Å². The predicted molar refractivity (Wildman–Crippen MR) is 123 cm³/mol.